The number of benzene rings is 1. The summed E-state index contributed by atoms with van der Waals surface area (Å²) in [7, 11) is -1.90. The second kappa shape index (κ2) is 8.63. The lowest BCUT2D eigenvalue weighted by Crippen LogP contribution is -2.40. The molecule has 1 aromatic heterocycles. The maximum Gasteiger partial charge on any atom is 0.270 e. The minimum absolute atomic E-state index is 0.100. The number of nitriles is 1. The van der Waals surface area contributed by atoms with Gasteiger partial charge in [-0.15, -0.1) is 0 Å². The number of carbonyl (C=O) groups excluding carboxylic acids is 1. The molecule has 0 saturated heterocycles. The van der Waals surface area contributed by atoms with Crippen molar-refractivity contribution in [2.24, 2.45) is 0 Å². The number of aryl methyl sites for hydroxylation is 1. The maximum absolute atomic E-state index is 12.5. The molecule has 29 heavy (non-hydrogen) atoms. The molecule has 0 saturated carbocycles. The molecular weight excluding hydrogens is 386 g/mol. The highest BCUT2D eigenvalue weighted by atomic mass is 28.4. The molecule has 0 unspecified atom stereocenters. The second-order valence-electron chi connectivity index (χ2n) is 8.33. The van der Waals surface area contributed by atoms with Gasteiger partial charge in [0.15, 0.2) is 19.6 Å². The third-order valence-corrected chi connectivity index (χ3v) is 9.65. The number of hydrogen-bond donors (Lipinski definition) is 2. The number of amides is 1. The first-order valence-corrected chi connectivity index (χ1v) is 12.2. The van der Waals surface area contributed by atoms with Crippen molar-refractivity contribution in [3.05, 3.63) is 52.9 Å². The second-order valence-corrected chi connectivity index (χ2v) is 13.1. The molecule has 8 heteroatoms. The summed E-state index contributed by atoms with van der Waals surface area (Å²) in [5.41, 5.74) is 1.20. The van der Waals surface area contributed by atoms with Gasteiger partial charge in [0.2, 0.25) is 0 Å². The summed E-state index contributed by atoms with van der Waals surface area (Å²) in [4.78, 5) is 12.5. The molecule has 1 aromatic carbocycles. The van der Waals surface area contributed by atoms with Crippen LogP contribution >= 0.6 is 0 Å². The Kier molecular flexibility index (Phi) is 6.67. The van der Waals surface area contributed by atoms with Gasteiger partial charge in [-0.05, 0) is 42.8 Å². The van der Waals surface area contributed by atoms with E-state index in [9.17, 15) is 15.2 Å². The average Bonchev–Trinajstić information content (AvgIpc) is 3.06. The van der Waals surface area contributed by atoms with Crippen LogP contribution in [0.4, 0.5) is 5.69 Å². The Morgan fingerprint density at radius 2 is 2.07 bits per heavy atom. The smallest absolute Gasteiger partial charge is 0.270 e. The van der Waals surface area contributed by atoms with Crippen LogP contribution in [0.2, 0.25) is 18.1 Å². The van der Waals surface area contributed by atoms with Crippen LogP contribution in [0.3, 0.4) is 0 Å². The number of rotatable bonds is 6. The van der Waals surface area contributed by atoms with E-state index in [0.717, 1.165) is 5.56 Å². The molecular formula is C21H27N3O4Si. The number of aliphatic hydroxyl groups is 1. The lowest BCUT2D eigenvalue weighted by atomic mass is 10.1. The molecule has 7 nitrogen and oxygen atoms in total. The average molecular weight is 414 g/mol. The zero-order valence-electron chi connectivity index (χ0n) is 17.7. The summed E-state index contributed by atoms with van der Waals surface area (Å²) in [6.07, 6.45) is 1.26. The lowest BCUT2D eigenvalue weighted by Gasteiger charge is -2.36. The van der Waals surface area contributed by atoms with Gasteiger partial charge in [-0.25, -0.2) is 0 Å². The quantitative estimate of drug-likeness (QED) is 0.301. The van der Waals surface area contributed by atoms with Crippen molar-refractivity contribution in [1.82, 2.24) is 5.16 Å². The van der Waals surface area contributed by atoms with Crippen LogP contribution in [0.15, 0.2) is 40.6 Å². The van der Waals surface area contributed by atoms with Crippen LogP contribution in [0.1, 0.15) is 37.7 Å². The van der Waals surface area contributed by atoms with Gasteiger partial charge in [-0.2, -0.15) is 5.26 Å². The van der Waals surface area contributed by atoms with Crippen LogP contribution in [-0.4, -0.2) is 24.5 Å². The van der Waals surface area contributed by atoms with E-state index in [4.69, 9.17) is 8.95 Å². The molecule has 1 amide bonds. The number of anilines is 1. The molecule has 1 heterocycles. The summed E-state index contributed by atoms with van der Waals surface area (Å²) in [6, 6.07) is 8.97. The first-order chi connectivity index (χ1) is 13.5. The Labute approximate surface area is 172 Å². The van der Waals surface area contributed by atoms with Crippen molar-refractivity contribution in [2.75, 3.05) is 5.32 Å². The summed E-state index contributed by atoms with van der Waals surface area (Å²) < 4.78 is 11.1. The van der Waals surface area contributed by atoms with Crippen molar-refractivity contribution in [2.45, 2.75) is 52.4 Å². The Bertz CT molecular complexity index is 965. The monoisotopic (exact) mass is 413 g/mol. The molecule has 2 aromatic rings. The molecule has 2 N–H and O–H groups in total. The Morgan fingerprint density at radius 1 is 1.38 bits per heavy atom. The van der Waals surface area contributed by atoms with Gasteiger partial charge < -0.3 is 19.4 Å². The summed E-state index contributed by atoms with van der Waals surface area (Å²) in [5.74, 6) is -0.873. The minimum atomic E-state index is -1.90. The molecule has 0 fully saturated rings. The first kappa shape index (κ1) is 22.4. The zero-order valence-corrected chi connectivity index (χ0v) is 18.7. The number of hydrogen-bond acceptors (Lipinski definition) is 6. The summed E-state index contributed by atoms with van der Waals surface area (Å²) in [6.45, 7) is 12.9. The Hall–Kier alpha value is -2.89. The third-order valence-electron chi connectivity index (χ3n) is 5.17. The van der Waals surface area contributed by atoms with Crippen molar-refractivity contribution >= 4 is 25.7 Å². The van der Waals surface area contributed by atoms with Gasteiger partial charge in [0.1, 0.15) is 11.8 Å². The van der Waals surface area contributed by atoms with E-state index in [1.807, 2.05) is 6.07 Å². The van der Waals surface area contributed by atoms with Gasteiger partial charge in [0, 0.05) is 5.69 Å². The number of aliphatic hydroxyl groups excluding tert-OH is 1. The van der Waals surface area contributed by atoms with Crippen LogP contribution < -0.4 is 5.32 Å². The molecule has 0 aliphatic carbocycles. The molecule has 0 aliphatic rings. The van der Waals surface area contributed by atoms with Crippen LogP contribution in [0.25, 0.3) is 5.76 Å². The van der Waals surface area contributed by atoms with E-state index in [-0.39, 0.29) is 10.6 Å². The molecule has 0 radical (unpaired) electrons. The van der Waals surface area contributed by atoms with Crippen LogP contribution in [-0.2, 0) is 15.8 Å². The van der Waals surface area contributed by atoms with Gasteiger partial charge in [0.25, 0.3) is 5.91 Å². The number of carbonyl (C=O) groups is 1. The fourth-order valence-electron chi connectivity index (χ4n) is 2.28. The minimum Gasteiger partial charge on any atom is -0.506 e. The normalized spacial score (nSPS) is 12.9. The molecule has 0 spiro atoms. The highest BCUT2D eigenvalue weighted by Gasteiger charge is 2.37. The van der Waals surface area contributed by atoms with E-state index in [0.29, 0.717) is 18.1 Å². The largest absolute Gasteiger partial charge is 0.506 e. The molecule has 2 rings (SSSR count). The number of aromatic nitrogens is 1. The highest BCUT2D eigenvalue weighted by Crippen LogP contribution is 2.37. The Balaban J connectivity index is 2.16. The first-order valence-electron chi connectivity index (χ1n) is 9.25. The van der Waals surface area contributed by atoms with Crippen molar-refractivity contribution in [1.29, 1.82) is 5.26 Å². The fourth-order valence-corrected chi connectivity index (χ4v) is 3.25. The van der Waals surface area contributed by atoms with Gasteiger partial charge in [-0.3, -0.25) is 4.79 Å². The molecule has 0 aliphatic heterocycles. The Morgan fingerprint density at radius 3 is 2.62 bits per heavy atom. The van der Waals surface area contributed by atoms with Gasteiger partial charge in [-0.1, -0.05) is 38.1 Å². The number of nitrogens with zero attached hydrogens (tertiary/aromatic N) is 2. The van der Waals surface area contributed by atoms with Crippen molar-refractivity contribution in [3.63, 3.8) is 0 Å². The fraction of sp³-hybridized carbons (Fsp3) is 0.381. The molecule has 0 bridgehead atoms. The van der Waals surface area contributed by atoms with Gasteiger partial charge in [0.05, 0.1) is 18.4 Å². The SMILES string of the molecule is Cc1oncc1/C(O)=C(\C#N)C(=O)Nc1cccc(CO[Si](C)(C)C(C)(C)C)c1. The topological polar surface area (TPSA) is 108 Å². The summed E-state index contributed by atoms with van der Waals surface area (Å²) in [5, 5.41) is 25.9. The van der Waals surface area contributed by atoms with E-state index >= 15 is 0 Å². The lowest BCUT2D eigenvalue weighted by molar-refractivity contribution is -0.112. The third kappa shape index (κ3) is 5.34. The molecule has 0 atom stereocenters. The number of nitrogens with one attached hydrogen (secondary N) is 1. The van der Waals surface area contributed by atoms with E-state index in [1.165, 1.54) is 6.20 Å². The molecule has 154 valence electrons. The van der Waals surface area contributed by atoms with E-state index in [1.54, 1.807) is 31.2 Å². The van der Waals surface area contributed by atoms with Crippen LogP contribution in [0, 0.1) is 18.3 Å². The maximum atomic E-state index is 12.5. The van der Waals surface area contributed by atoms with Gasteiger partial charge >= 0.3 is 0 Å². The predicted octanol–water partition coefficient (Wildman–Crippen LogP) is 4.94. The van der Waals surface area contributed by atoms with Crippen molar-refractivity contribution in [3.8, 4) is 6.07 Å². The zero-order chi connectivity index (χ0) is 21.8. The highest BCUT2D eigenvalue weighted by molar-refractivity contribution is 6.74. The van der Waals surface area contributed by atoms with E-state index in [2.05, 4.69) is 44.3 Å². The summed E-state index contributed by atoms with van der Waals surface area (Å²) >= 11 is 0. The van der Waals surface area contributed by atoms with E-state index < -0.39 is 25.6 Å². The standard InChI is InChI=1S/C21H27N3O4Si/c1-14-18(12-23-28-14)19(25)17(11-22)20(26)24-16-9-7-8-15(10-16)13-27-29(5,6)21(2,3)4/h7-10,12,25H,13H2,1-6H3,(H,24,26)/b19-17-. The van der Waals surface area contributed by atoms with Crippen LogP contribution in [0.5, 0.6) is 0 Å². The predicted molar refractivity (Wildman–Crippen MR) is 113 cm³/mol. The van der Waals surface area contributed by atoms with Crippen molar-refractivity contribution < 1.29 is 18.9 Å².